The van der Waals surface area contributed by atoms with Crippen molar-refractivity contribution in [3.63, 3.8) is 0 Å². The number of carbonyl (C=O) groups is 1. The van der Waals surface area contributed by atoms with Crippen LogP contribution in [0.3, 0.4) is 0 Å². The number of fused-ring (bicyclic) bond motifs is 4. The Morgan fingerprint density at radius 2 is 1.56 bits per heavy atom. The fraction of sp³-hybridized carbons (Fsp3) is 0.468. The van der Waals surface area contributed by atoms with E-state index in [9.17, 15) is 9.90 Å². The summed E-state index contributed by atoms with van der Waals surface area (Å²) in [6, 6.07) is 9.16. The molecule has 0 spiro atoms. The monoisotopic (exact) mass is 886 g/mol. The van der Waals surface area contributed by atoms with Crippen LogP contribution in [-0.2, 0) is 0 Å². The Balaban J connectivity index is 0.808. The number of aromatic nitrogens is 8. The molecule has 1 saturated carbocycles. The summed E-state index contributed by atoms with van der Waals surface area (Å²) in [5.74, 6) is 1.68. The van der Waals surface area contributed by atoms with Gasteiger partial charge in [0.25, 0.3) is 5.91 Å². The molecular formula is C47H58N12O2S2. The van der Waals surface area contributed by atoms with Crippen molar-refractivity contribution in [3.05, 3.63) is 80.8 Å². The van der Waals surface area contributed by atoms with E-state index in [4.69, 9.17) is 10.1 Å². The van der Waals surface area contributed by atoms with Crippen LogP contribution in [0.5, 0.6) is 0 Å². The summed E-state index contributed by atoms with van der Waals surface area (Å²) >= 11 is 3.27. The van der Waals surface area contributed by atoms with E-state index in [1.165, 1.54) is 15.8 Å². The summed E-state index contributed by atoms with van der Waals surface area (Å²) in [5.41, 5.74) is 12.7. The predicted octanol–water partition coefficient (Wildman–Crippen LogP) is 8.29. The molecule has 9 heterocycles. The lowest BCUT2D eigenvalue weighted by molar-refractivity contribution is -0.0115. The van der Waals surface area contributed by atoms with E-state index in [0.29, 0.717) is 18.6 Å². The van der Waals surface area contributed by atoms with Crippen LogP contribution in [0, 0.1) is 13.8 Å². The molecule has 63 heavy (non-hydrogen) atoms. The molecule has 2 fully saturated rings. The van der Waals surface area contributed by atoms with Crippen molar-refractivity contribution in [3.8, 4) is 22.5 Å². The minimum atomic E-state index is -0.639. The molecule has 10 rings (SSSR count). The smallest absolute Gasteiger partial charge is 0.263 e. The van der Waals surface area contributed by atoms with Crippen molar-refractivity contribution in [1.29, 1.82) is 0 Å². The van der Waals surface area contributed by atoms with E-state index in [1.807, 2.05) is 40.3 Å². The van der Waals surface area contributed by atoms with Gasteiger partial charge in [0.15, 0.2) is 17.1 Å². The minimum absolute atomic E-state index is 0.0374. The van der Waals surface area contributed by atoms with Crippen molar-refractivity contribution in [2.24, 2.45) is 0 Å². The van der Waals surface area contributed by atoms with Gasteiger partial charge in [0.2, 0.25) is 0 Å². The second-order valence-corrected chi connectivity index (χ2v) is 20.8. The largest absolute Gasteiger partial charge is 0.373 e. The molecule has 8 aromatic rings. The molecule has 4 N–H and O–H groups in total. The fourth-order valence-electron chi connectivity index (χ4n) is 9.79. The number of aryl methyl sites for hydroxylation is 2. The standard InChI is InChI=1S/C47H58N12O2S2/c1-24(2)37-39(28-15-26(5)44-49-23-50-58(44)21-28)51-32-18-35(62-41(32)37)46(60)56(8)14-13-55(7)34-17-31(34)43-53-45-27(6)16-29(22-59(45)54-43)40-38(25(3)4)42-33(52-40)19-36(63-42)47(61)57(9)30-11-10-12-48-20-30/h15-16,18-19,21-25,30-31,34,47-48,51-52,61H,10-14,17,20H2,1-9H3. The van der Waals surface area contributed by atoms with Gasteiger partial charge < -0.3 is 30.2 Å². The molecule has 1 aliphatic carbocycles. The highest BCUT2D eigenvalue weighted by atomic mass is 32.1. The number of nitrogens with zero attached hydrogens (tertiary/aromatic N) is 9. The summed E-state index contributed by atoms with van der Waals surface area (Å²) in [7, 11) is 6.08. The van der Waals surface area contributed by atoms with Gasteiger partial charge >= 0.3 is 0 Å². The zero-order chi connectivity index (χ0) is 44.0. The normalized spacial score (nSPS) is 18.8. The molecule has 4 unspecified atom stereocenters. The Morgan fingerprint density at radius 3 is 2.24 bits per heavy atom. The van der Waals surface area contributed by atoms with Crippen molar-refractivity contribution in [2.45, 2.75) is 96.9 Å². The Bertz CT molecular complexity index is 2990. The average Bonchev–Trinajstić information content (AvgIpc) is 3.90. The number of rotatable bonds is 13. The molecule has 0 aromatic carbocycles. The highest BCUT2D eigenvalue weighted by Gasteiger charge is 2.44. The number of nitrogens with one attached hydrogen (secondary N) is 3. The molecule has 0 radical (unpaired) electrons. The Kier molecular flexibility index (Phi) is 10.8. The number of piperidine rings is 1. The van der Waals surface area contributed by atoms with Gasteiger partial charge in [-0.05, 0) is 112 Å². The van der Waals surface area contributed by atoms with E-state index < -0.39 is 6.23 Å². The molecule has 4 atom stereocenters. The number of hydrogen-bond acceptors (Lipinski definition) is 11. The summed E-state index contributed by atoms with van der Waals surface area (Å²) in [6.45, 7) is 16.4. The maximum Gasteiger partial charge on any atom is 0.263 e. The van der Waals surface area contributed by atoms with Crippen LogP contribution in [0.4, 0.5) is 0 Å². The van der Waals surface area contributed by atoms with E-state index in [1.54, 1.807) is 29.0 Å². The minimum Gasteiger partial charge on any atom is -0.373 e. The highest BCUT2D eigenvalue weighted by molar-refractivity contribution is 7.21. The molecule has 1 saturated heterocycles. The number of amides is 1. The summed E-state index contributed by atoms with van der Waals surface area (Å²) in [6.07, 6.45) is 8.28. The van der Waals surface area contributed by atoms with Crippen LogP contribution in [0.25, 0.3) is 54.2 Å². The average molecular weight is 887 g/mol. The van der Waals surface area contributed by atoms with Crippen LogP contribution >= 0.6 is 22.7 Å². The Labute approximate surface area is 375 Å². The van der Waals surface area contributed by atoms with Gasteiger partial charge in [-0.1, -0.05) is 27.7 Å². The number of pyridine rings is 2. The van der Waals surface area contributed by atoms with Gasteiger partial charge in [0, 0.05) is 68.2 Å². The van der Waals surface area contributed by atoms with Gasteiger partial charge in [0.05, 0.1) is 41.6 Å². The first-order valence-corrected chi connectivity index (χ1v) is 23.9. The number of aliphatic hydroxyl groups is 1. The first-order chi connectivity index (χ1) is 30.2. The van der Waals surface area contributed by atoms with Crippen LogP contribution in [0.15, 0.2) is 43.0 Å². The lowest BCUT2D eigenvalue weighted by atomic mass is 9.99. The van der Waals surface area contributed by atoms with Crippen LogP contribution in [-0.4, -0.2) is 124 Å². The zero-order valence-electron chi connectivity index (χ0n) is 37.7. The van der Waals surface area contributed by atoms with Crippen LogP contribution in [0.2, 0.25) is 0 Å². The number of aliphatic hydroxyl groups excluding tert-OH is 1. The SMILES string of the molecule is Cc1cc(-c2[nH]c3cc(C(=O)N(C)CCN(C)C4CC4c4nc5c(C)cc(-c6[nH]c7cc(C(O)N(C)C8CCCNC8)sc7c6C(C)C)cn5n4)sc3c2C(C)C)cn2ncnc12. The zero-order valence-corrected chi connectivity index (χ0v) is 39.3. The number of H-pyrrole nitrogens is 2. The van der Waals surface area contributed by atoms with Crippen molar-refractivity contribution in [1.82, 2.24) is 59.2 Å². The lowest BCUT2D eigenvalue weighted by Gasteiger charge is -2.34. The van der Waals surface area contributed by atoms with E-state index in [0.717, 1.165) is 115 Å². The first-order valence-electron chi connectivity index (χ1n) is 22.3. The summed E-state index contributed by atoms with van der Waals surface area (Å²) in [4.78, 5) is 38.7. The third kappa shape index (κ3) is 7.47. The molecule has 330 valence electrons. The van der Waals surface area contributed by atoms with Gasteiger partial charge in [-0.15, -0.1) is 22.7 Å². The summed E-state index contributed by atoms with van der Waals surface area (Å²) in [5, 5.41) is 24.3. The Hall–Kier alpha value is -4.97. The van der Waals surface area contributed by atoms with Crippen molar-refractivity contribution >= 4 is 60.3 Å². The van der Waals surface area contributed by atoms with Crippen molar-refractivity contribution < 1.29 is 9.90 Å². The summed E-state index contributed by atoms with van der Waals surface area (Å²) < 4.78 is 6.11. The van der Waals surface area contributed by atoms with Gasteiger partial charge in [0.1, 0.15) is 12.6 Å². The number of likely N-dealkylation sites (N-methyl/N-ethyl adjacent to an activating group) is 3. The third-order valence-corrected chi connectivity index (χ3v) is 15.8. The number of hydrogen-bond donors (Lipinski definition) is 4. The number of carbonyl (C=O) groups excluding carboxylic acids is 1. The molecule has 0 bridgehead atoms. The lowest BCUT2D eigenvalue weighted by Crippen LogP contribution is -2.45. The van der Waals surface area contributed by atoms with Crippen LogP contribution < -0.4 is 5.32 Å². The second-order valence-electron chi connectivity index (χ2n) is 18.6. The van der Waals surface area contributed by atoms with Crippen LogP contribution in [0.1, 0.15) is 114 Å². The highest BCUT2D eigenvalue weighted by Crippen LogP contribution is 2.45. The molecule has 1 amide bonds. The molecule has 8 aromatic heterocycles. The molecular weight excluding hydrogens is 829 g/mol. The van der Waals surface area contributed by atoms with Gasteiger partial charge in [-0.3, -0.25) is 9.69 Å². The van der Waals surface area contributed by atoms with Gasteiger partial charge in [-0.25, -0.2) is 19.0 Å². The Morgan fingerprint density at radius 1 is 0.889 bits per heavy atom. The predicted molar refractivity (Wildman–Crippen MR) is 253 cm³/mol. The van der Waals surface area contributed by atoms with E-state index in [-0.39, 0.29) is 23.7 Å². The molecule has 16 heteroatoms. The molecule has 14 nitrogen and oxygen atoms in total. The first kappa shape index (κ1) is 42.0. The number of thiophene rings is 2. The second kappa shape index (κ2) is 16.2. The third-order valence-electron chi connectivity index (χ3n) is 13.4. The van der Waals surface area contributed by atoms with E-state index in [2.05, 4.69) is 108 Å². The maximum absolute atomic E-state index is 13.8. The quantitative estimate of drug-likeness (QED) is 0.0839. The van der Waals surface area contributed by atoms with Gasteiger partial charge in [-0.2, -0.15) is 10.2 Å². The number of aromatic amines is 2. The fourth-order valence-corrected chi connectivity index (χ4v) is 12.4. The molecule has 2 aliphatic rings. The van der Waals surface area contributed by atoms with Crippen molar-refractivity contribution in [2.75, 3.05) is 47.3 Å². The topological polar surface area (TPSA) is 151 Å². The van der Waals surface area contributed by atoms with E-state index >= 15 is 0 Å². The molecule has 1 aliphatic heterocycles. The maximum atomic E-state index is 13.8.